The second-order valence-corrected chi connectivity index (χ2v) is 6.23. The van der Waals surface area contributed by atoms with E-state index in [2.05, 4.69) is 32.4 Å². The summed E-state index contributed by atoms with van der Waals surface area (Å²) >= 11 is 3.43. The number of hydrogen-bond acceptors (Lipinski definition) is 3. The molecule has 5 heteroatoms. The Labute approximate surface area is 150 Å². The average molecular weight is 387 g/mol. The summed E-state index contributed by atoms with van der Waals surface area (Å²) in [5.74, 6) is 2.35. The lowest BCUT2D eigenvalue weighted by Gasteiger charge is -2.13. The average Bonchev–Trinajstić information content (AvgIpc) is 3.10. The minimum absolute atomic E-state index is 0.493. The molecular formula is C19H19BrN2O2. The first-order valence-corrected chi connectivity index (χ1v) is 8.57. The predicted octanol–water partition coefficient (Wildman–Crippen LogP) is 4.92. The van der Waals surface area contributed by atoms with Crippen LogP contribution in [0.3, 0.4) is 0 Å². The summed E-state index contributed by atoms with van der Waals surface area (Å²) in [5, 5.41) is 0. The molecule has 2 aromatic carbocycles. The summed E-state index contributed by atoms with van der Waals surface area (Å²) < 4.78 is 14.6. The van der Waals surface area contributed by atoms with Gasteiger partial charge in [-0.05, 0) is 42.8 Å². The molecule has 1 heterocycles. The summed E-state index contributed by atoms with van der Waals surface area (Å²) in [6.45, 7) is 3.46. The van der Waals surface area contributed by atoms with E-state index < -0.39 is 0 Å². The van der Waals surface area contributed by atoms with E-state index in [1.165, 1.54) is 0 Å². The molecule has 124 valence electrons. The van der Waals surface area contributed by atoms with Gasteiger partial charge in [-0.1, -0.05) is 28.1 Å². The molecular weight excluding hydrogens is 368 g/mol. The number of halogens is 1. The quantitative estimate of drug-likeness (QED) is 0.603. The lowest BCUT2D eigenvalue weighted by Crippen LogP contribution is -1.99. The Morgan fingerprint density at radius 2 is 1.88 bits per heavy atom. The van der Waals surface area contributed by atoms with Crippen molar-refractivity contribution in [2.45, 2.75) is 20.1 Å². The monoisotopic (exact) mass is 386 g/mol. The van der Waals surface area contributed by atoms with Crippen LogP contribution in [0, 0.1) is 0 Å². The van der Waals surface area contributed by atoms with Gasteiger partial charge < -0.3 is 14.0 Å². The Kier molecular flexibility index (Phi) is 5.20. The normalized spacial score (nSPS) is 10.6. The number of rotatable bonds is 6. The van der Waals surface area contributed by atoms with Gasteiger partial charge in [-0.15, -0.1) is 0 Å². The first kappa shape index (κ1) is 16.6. The van der Waals surface area contributed by atoms with Gasteiger partial charge in [0, 0.05) is 29.0 Å². The first-order valence-electron chi connectivity index (χ1n) is 7.78. The Balaban J connectivity index is 1.80. The van der Waals surface area contributed by atoms with Gasteiger partial charge in [0.15, 0.2) is 11.5 Å². The number of ether oxygens (including phenoxy) is 2. The minimum atomic E-state index is 0.493. The van der Waals surface area contributed by atoms with E-state index in [9.17, 15) is 0 Å². The van der Waals surface area contributed by atoms with Crippen LogP contribution >= 0.6 is 15.9 Å². The molecule has 0 unspecified atom stereocenters. The number of imidazole rings is 1. The molecule has 0 fully saturated rings. The van der Waals surface area contributed by atoms with Crippen LogP contribution in [-0.2, 0) is 13.2 Å². The maximum absolute atomic E-state index is 5.92. The predicted molar refractivity (Wildman–Crippen MR) is 98.4 cm³/mol. The fraction of sp³-hybridized carbons (Fsp3) is 0.211. The van der Waals surface area contributed by atoms with Crippen molar-refractivity contribution in [3.63, 3.8) is 0 Å². The van der Waals surface area contributed by atoms with Crippen molar-refractivity contribution in [2.24, 2.45) is 0 Å². The van der Waals surface area contributed by atoms with Gasteiger partial charge >= 0.3 is 0 Å². The van der Waals surface area contributed by atoms with Crippen molar-refractivity contribution < 1.29 is 9.47 Å². The van der Waals surface area contributed by atoms with Gasteiger partial charge in [0.1, 0.15) is 12.4 Å². The number of aryl methyl sites for hydroxylation is 1. The van der Waals surface area contributed by atoms with Crippen LogP contribution in [0.2, 0.25) is 0 Å². The molecule has 0 atom stereocenters. The fourth-order valence-electron chi connectivity index (χ4n) is 2.49. The molecule has 24 heavy (non-hydrogen) atoms. The summed E-state index contributed by atoms with van der Waals surface area (Å²) in [5.41, 5.74) is 2.11. The van der Waals surface area contributed by atoms with Crippen molar-refractivity contribution in [1.29, 1.82) is 0 Å². The molecule has 0 radical (unpaired) electrons. The van der Waals surface area contributed by atoms with Crippen LogP contribution in [0.1, 0.15) is 12.5 Å². The molecule has 0 N–H and O–H groups in total. The summed E-state index contributed by atoms with van der Waals surface area (Å²) in [6.07, 6.45) is 3.78. The Morgan fingerprint density at radius 3 is 2.58 bits per heavy atom. The summed E-state index contributed by atoms with van der Waals surface area (Å²) in [6, 6.07) is 14.0. The molecule has 3 aromatic rings. The Bertz CT molecular complexity index is 812. The van der Waals surface area contributed by atoms with Gasteiger partial charge in [0.25, 0.3) is 0 Å². The smallest absolute Gasteiger partial charge is 0.161 e. The van der Waals surface area contributed by atoms with Crippen LogP contribution in [0.4, 0.5) is 0 Å². The fourth-order valence-corrected chi connectivity index (χ4v) is 2.76. The molecule has 0 spiro atoms. The molecule has 3 rings (SSSR count). The Morgan fingerprint density at radius 1 is 1.08 bits per heavy atom. The topological polar surface area (TPSA) is 36.3 Å². The largest absolute Gasteiger partial charge is 0.493 e. The third kappa shape index (κ3) is 3.62. The van der Waals surface area contributed by atoms with Crippen molar-refractivity contribution in [2.75, 3.05) is 7.11 Å². The zero-order valence-corrected chi connectivity index (χ0v) is 15.3. The summed E-state index contributed by atoms with van der Waals surface area (Å²) in [4.78, 5) is 4.43. The lowest BCUT2D eigenvalue weighted by atomic mass is 10.2. The third-order valence-corrected chi connectivity index (χ3v) is 4.31. The lowest BCUT2D eigenvalue weighted by molar-refractivity contribution is 0.284. The zero-order valence-electron chi connectivity index (χ0n) is 13.7. The molecule has 0 aliphatic carbocycles. The van der Waals surface area contributed by atoms with Crippen LogP contribution in [-0.4, -0.2) is 16.7 Å². The molecule has 0 saturated carbocycles. The molecule has 0 aliphatic rings. The highest BCUT2D eigenvalue weighted by Gasteiger charge is 2.10. The van der Waals surface area contributed by atoms with E-state index in [1.54, 1.807) is 7.11 Å². The highest BCUT2D eigenvalue weighted by Crippen LogP contribution is 2.32. The standard InChI is InChI=1S/C19H19BrN2O2/c1-3-22-11-10-21-19(22)15-6-9-17(18(12-15)23-2)24-13-14-4-7-16(20)8-5-14/h4-12H,3,13H2,1-2H3. The second kappa shape index (κ2) is 7.53. The summed E-state index contributed by atoms with van der Waals surface area (Å²) in [7, 11) is 1.65. The van der Waals surface area contributed by atoms with Crippen molar-refractivity contribution in [3.05, 3.63) is 64.9 Å². The van der Waals surface area contributed by atoms with Gasteiger partial charge in [0.2, 0.25) is 0 Å². The van der Waals surface area contributed by atoms with Crippen molar-refractivity contribution in [3.8, 4) is 22.9 Å². The number of benzene rings is 2. The maximum Gasteiger partial charge on any atom is 0.161 e. The minimum Gasteiger partial charge on any atom is -0.493 e. The van der Waals surface area contributed by atoms with E-state index in [1.807, 2.05) is 54.9 Å². The van der Waals surface area contributed by atoms with Gasteiger partial charge in [0.05, 0.1) is 7.11 Å². The molecule has 0 saturated heterocycles. The highest BCUT2D eigenvalue weighted by atomic mass is 79.9. The van der Waals surface area contributed by atoms with Gasteiger partial charge in [-0.2, -0.15) is 0 Å². The van der Waals surface area contributed by atoms with Crippen molar-refractivity contribution >= 4 is 15.9 Å². The van der Waals surface area contributed by atoms with Crippen molar-refractivity contribution in [1.82, 2.24) is 9.55 Å². The number of nitrogens with zero attached hydrogens (tertiary/aromatic N) is 2. The van der Waals surface area contributed by atoms with Crippen LogP contribution < -0.4 is 9.47 Å². The number of methoxy groups -OCH3 is 1. The third-order valence-electron chi connectivity index (χ3n) is 3.79. The molecule has 4 nitrogen and oxygen atoms in total. The van der Waals surface area contributed by atoms with E-state index in [-0.39, 0.29) is 0 Å². The van der Waals surface area contributed by atoms with Crippen LogP contribution in [0.15, 0.2) is 59.3 Å². The number of aromatic nitrogens is 2. The van der Waals surface area contributed by atoms with Crippen LogP contribution in [0.25, 0.3) is 11.4 Å². The van der Waals surface area contributed by atoms with Gasteiger partial charge in [-0.3, -0.25) is 0 Å². The number of hydrogen-bond donors (Lipinski definition) is 0. The van der Waals surface area contributed by atoms with E-state index in [4.69, 9.17) is 9.47 Å². The molecule has 0 bridgehead atoms. The van der Waals surface area contributed by atoms with E-state index >= 15 is 0 Å². The van der Waals surface area contributed by atoms with E-state index in [0.717, 1.165) is 33.7 Å². The SMILES string of the molecule is CCn1ccnc1-c1ccc(OCc2ccc(Br)cc2)c(OC)c1. The van der Waals surface area contributed by atoms with E-state index in [0.29, 0.717) is 12.4 Å². The van der Waals surface area contributed by atoms with Gasteiger partial charge in [-0.25, -0.2) is 4.98 Å². The molecule has 1 aromatic heterocycles. The zero-order chi connectivity index (χ0) is 16.9. The second-order valence-electron chi connectivity index (χ2n) is 5.32. The first-order chi connectivity index (χ1) is 11.7. The highest BCUT2D eigenvalue weighted by molar-refractivity contribution is 9.10. The Hall–Kier alpha value is -2.27. The van der Waals surface area contributed by atoms with Crippen LogP contribution in [0.5, 0.6) is 11.5 Å². The molecule has 0 amide bonds. The molecule has 0 aliphatic heterocycles. The maximum atomic E-state index is 5.92.